The van der Waals surface area contributed by atoms with Crippen molar-refractivity contribution in [1.82, 2.24) is 5.32 Å². The molecule has 0 aromatic heterocycles. The van der Waals surface area contributed by atoms with E-state index in [4.69, 9.17) is 9.47 Å². The first-order chi connectivity index (χ1) is 9.15. The molecule has 1 aliphatic carbocycles. The van der Waals surface area contributed by atoms with Crippen LogP contribution in [0.4, 0.5) is 0 Å². The zero-order chi connectivity index (χ0) is 13.8. The lowest BCUT2D eigenvalue weighted by Crippen LogP contribution is -2.27. The number of nitrogens with one attached hydrogen (secondary N) is 1. The standard InChI is InChI=1S/C15H21NO3/c1-10-8-12(10)15(17)16-7-6-11-4-5-13(18-2)14(9-11)19-3/h4-5,9-10,12H,6-8H2,1-3H3,(H,16,17)/t10-,12-/m0/s1. The summed E-state index contributed by atoms with van der Waals surface area (Å²) in [6.45, 7) is 2.77. The highest BCUT2D eigenvalue weighted by atomic mass is 16.5. The topological polar surface area (TPSA) is 47.6 Å². The molecule has 19 heavy (non-hydrogen) atoms. The van der Waals surface area contributed by atoms with Crippen molar-refractivity contribution in [2.75, 3.05) is 20.8 Å². The molecule has 0 aliphatic heterocycles. The molecule has 1 aromatic rings. The molecule has 1 N–H and O–H groups in total. The summed E-state index contributed by atoms with van der Waals surface area (Å²) >= 11 is 0. The van der Waals surface area contributed by atoms with Gasteiger partial charge in [0.2, 0.25) is 5.91 Å². The second-order valence-corrected chi connectivity index (χ2v) is 5.05. The fraction of sp³-hybridized carbons (Fsp3) is 0.533. The summed E-state index contributed by atoms with van der Waals surface area (Å²) in [4.78, 5) is 11.7. The summed E-state index contributed by atoms with van der Waals surface area (Å²) < 4.78 is 10.4. The zero-order valence-electron chi connectivity index (χ0n) is 11.7. The predicted octanol–water partition coefficient (Wildman–Crippen LogP) is 2.02. The van der Waals surface area contributed by atoms with E-state index in [9.17, 15) is 4.79 Å². The van der Waals surface area contributed by atoms with Crippen molar-refractivity contribution in [3.8, 4) is 11.5 Å². The van der Waals surface area contributed by atoms with Gasteiger partial charge in [-0.2, -0.15) is 0 Å². The van der Waals surface area contributed by atoms with Crippen molar-refractivity contribution in [3.63, 3.8) is 0 Å². The summed E-state index contributed by atoms with van der Waals surface area (Å²) in [7, 11) is 3.24. The SMILES string of the molecule is COc1ccc(CCNC(=O)[C@H]2C[C@@H]2C)cc1OC. The Kier molecular flexibility index (Phi) is 4.30. The van der Waals surface area contributed by atoms with E-state index >= 15 is 0 Å². The van der Waals surface area contributed by atoms with Crippen molar-refractivity contribution < 1.29 is 14.3 Å². The molecule has 0 bridgehead atoms. The van der Waals surface area contributed by atoms with E-state index in [1.807, 2.05) is 18.2 Å². The van der Waals surface area contributed by atoms with Crippen LogP contribution in [0.25, 0.3) is 0 Å². The second kappa shape index (κ2) is 5.95. The van der Waals surface area contributed by atoms with Crippen molar-refractivity contribution in [2.45, 2.75) is 19.8 Å². The third-order valence-electron chi connectivity index (χ3n) is 3.61. The fourth-order valence-electron chi connectivity index (χ4n) is 2.18. The van der Waals surface area contributed by atoms with Crippen LogP contribution in [0.2, 0.25) is 0 Å². The van der Waals surface area contributed by atoms with E-state index in [-0.39, 0.29) is 11.8 Å². The summed E-state index contributed by atoms with van der Waals surface area (Å²) in [5, 5.41) is 2.98. The lowest BCUT2D eigenvalue weighted by molar-refractivity contribution is -0.122. The number of hydrogen-bond acceptors (Lipinski definition) is 3. The smallest absolute Gasteiger partial charge is 0.223 e. The molecule has 0 unspecified atom stereocenters. The van der Waals surface area contributed by atoms with Crippen molar-refractivity contribution in [3.05, 3.63) is 23.8 Å². The van der Waals surface area contributed by atoms with Crippen molar-refractivity contribution in [2.24, 2.45) is 11.8 Å². The molecule has 0 heterocycles. The van der Waals surface area contributed by atoms with Crippen LogP contribution in [0.15, 0.2) is 18.2 Å². The van der Waals surface area contributed by atoms with Crippen LogP contribution >= 0.6 is 0 Å². The Labute approximate surface area is 114 Å². The maximum Gasteiger partial charge on any atom is 0.223 e. The van der Waals surface area contributed by atoms with Gasteiger partial charge in [0.15, 0.2) is 11.5 Å². The van der Waals surface area contributed by atoms with E-state index in [0.29, 0.717) is 12.5 Å². The molecule has 0 saturated heterocycles. The summed E-state index contributed by atoms with van der Waals surface area (Å²) in [5.41, 5.74) is 1.13. The number of carbonyl (C=O) groups is 1. The lowest BCUT2D eigenvalue weighted by Gasteiger charge is -2.10. The molecule has 2 rings (SSSR count). The normalized spacial score (nSPS) is 20.8. The Balaban J connectivity index is 1.84. The number of methoxy groups -OCH3 is 2. The third-order valence-corrected chi connectivity index (χ3v) is 3.61. The maximum atomic E-state index is 11.7. The van der Waals surface area contributed by atoms with Gasteiger partial charge in [-0.25, -0.2) is 0 Å². The molecule has 2 atom stereocenters. The second-order valence-electron chi connectivity index (χ2n) is 5.05. The van der Waals surface area contributed by atoms with Gasteiger partial charge in [-0.1, -0.05) is 13.0 Å². The Morgan fingerprint density at radius 3 is 2.58 bits per heavy atom. The predicted molar refractivity (Wildman–Crippen MR) is 73.5 cm³/mol. The number of benzene rings is 1. The molecule has 1 aromatic carbocycles. The maximum absolute atomic E-state index is 11.7. The van der Waals surface area contributed by atoms with Gasteiger partial charge in [-0.05, 0) is 36.5 Å². The highest BCUT2D eigenvalue weighted by Gasteiger charge is 2.38. The largest absolute Gasteiger partial charge is 0.493 e. The van der Waals surface area contributed by atoms with Gasteiger partial charge in [-0.3, -0.25) is 4.79 Å². The van der Waals surface area contributed by atoms with Gasteiger partial charge in [0.25, 0.3) is 0 Å². The number of hydrogen-bond donors (Lipinski definition) is 1. The van der Waals surface area contributed by atoms with Crippen molar-refractivity contribution >= 4 is 5.91 Å². The molecule has 104 valence electrons. The van der Waals surface area contributed by atoms with Gasteiger partial charge in [-0.15, -0.1) is 0 Å². The quantitative estimate of drug-likeness (QED) is 0.854. The summed E-state index contributed by atoms with van der Waals surface area (Å²) in [6, 6.07) is 5.83. The number of amides is 1. The lowest BCUT2D eigenvalue weighted by atomic mass is 10.1. The molecule has 4 nitrogen and oxygen atoms in total. The van der Waals surface area contributed by atoms with Crippen molar-refractivity contribution in [1.29, 1.82) is 0 Å². The van der Waals surface area contributed by atoms with Crippen LogP contribution in [0.3, 0.4) is 0 Å². The van der Waals surface area contributed by atoms with Crippen LogP contribution in [-0.4, -0.2) is 26.7 Å². The van der Waals surface area contributed by atoms with Crippen LogP contribution in [-0.2, 0) is 11.2 Å². The third kappa shape index (κ3) is 3.40. The molecule has 0 radical (unpaired) electrons. The van der Waals surface area contributed by atoms with Gasteiger partial charge in [0.05, 0.1) is 14.2 Å². The highest BCUT2D eigenvalue weighted by molar-refractivity contribution is 5.81. The van der Waals surface area contributed by atoms with E-state index in [1.54, 1.807) is 14.2 Å². The highest BCUT2D eigenvalue weighted by Crippen LogP contribution is 2.37. The van der Waals surface area contributed by atoms with Gasteiger partial charge in [0, 0.05) is 12.5 Å². The molecular weight excluding hydrogens is 242 g/mol. The Bertz CT molecular complexity index is 459. The van der Waals surface area contributed by atoms with Gasteiger partial charge in [0.1, 0.15) is 0 Å². The number of ether oxygens (including phenoxy) is 2. The van der Waals surface area contributed by atoms with Crippen LogP contribution in [0, 0.1) is 11.8 Å². The molecule has 0 spiro atoms. The number of carbonyl (C=O) groups excluding carboxylic acids is 1. The molecule has 1 fully saturated rings. The van der Waals surface area contributed by atoms with E-state index in [2.05, 4.69) is 12.2 Å². The van der Waals surface area contributed by atoms with E-state index < -0.39 is 0 Å². The summed E-state index contributed by atoms with van der Waals surface area (Å²) in [6.07, 6.45) is 1.83. The zero-order valence-corrected chi connectivity index (χ0v) is 11.7. The minimum Gasteiger partial charge on any atom is -0.493 e. The summed E-state index contributed by atoms with van der Waals surface area (Å²) in [5.74, 6) is 2.43. The minimum atomic E-state index is 0.188. The molecular formula is C15H21NO3. The van der Waals surface area contributed by atoms with E-state index in [0.717, 1.165) is 29.9 Å². The van der Waals surface area contributed by atoms with Crippen LogP contribution in [0.1, 0.15) is 18.9 Å². The van der Waals surface area contributed by atoms with Gasteiger partial charge >= 0.3 is 0 Å². The molecule has 1 aliphatic rings. The average molecular weight is 263 g/mol. The molecule has 1 amide bonds. The Hall–Kier alpha value is -1.71. The fourth-order valence-corrected chi connectivity index (χ4v) is 2.18. The first kappa shape index (κ1) is 13.7. The average Bonchev–Trinajstić information content (AvgIpc) is 3.15. The number of rotatable bonds is 6. The van der Waals surface area contributed by atoms with Crippen LogP contribution in [0.5, 0.6) is 11.5 Å². The Morgan fingerprint density at radius 2 is 2.00 bits per heavy atom. The first-order valence-electron chi connectivity index (χ1n) is 6.64. The minimum absolute atomic E-state index is 0.188. The van der Waals surface area contributed by atoms with E-state index in [1.165, 1.54) is 0 Å². The monoisotopic (exact) mass is 263 g/mol. The van der Waals surface area contributed by atoms with Crippen LogP contribution < -0.4 is 14.8 Å². The molecule has 1 saturated carbocycles. The Morgan fingerprint density at radius 1 is 1.32 bits per heavy atom. The first-order valence-corrected chi connectivity index (χ1v) is 6.64. The van der Waals surface area contributed by atoms with Gasteiger partial charge < -0.3 is 14.8 Å². The molecule has 4 heteroatoms.